The van der Waals surface area contributed by atoms with Crippen molar-refractivity contribution in [2.24, 2.45) is 0 Å². The molecule has 0 spiro atoms. The van der Waals surface area contributed by atoms with Crippen LogP contribution in [0, 0.1) is 5.82 Å². The van der Waals surface area contributed by atoms with Crippen LogP contribution in [0.2, 0.25) is 0 Å². The second kappa shape index (κ2) is 6.02. The predicted molar refractivity (Wildman–Crippen MR) is 83.7 cm³/mol. The summed E-state index contributed by atoms with van der Waals surface area (Å²) in [5.74, 6) is -0.186. The number of fused-ring (bicyclic) bond motifs is 1. The average molecular weight is 280 g/mol. The highest BCUT2D eigenvalue weighted by Crippen LogP contribution is 2.29. The van der Waals surface area contributed by atoms with Crippen molar-refractivity contribution in [2.45, 2.75) is 13.0 Å². The van der Waals surface area contributed by atoms with Crippen LogP contribution in [-0.4, -0.2) is 11.5 Å². The van der Waals surface area contributed by atoms with Crippen molar-refractivity contribution in [1.82, 2.24) is 10.3 Å². The second-order valence-electron chi connectivity index (χ2n) is 4.96. The van der Waals surface area contributed by atoms with Crippen LogP contribution in [-0.2, 0) is 0 Å². The molecule has 0 saturated heterocycles. The number of hydrogen-bond acceptors (Lipinski definition) is 2. The molecular formula is C18H17FN2. The van der Waals surface area contributed by atoms with Crippen LogP contribution < -0.4 is 5.32 Å². The first-order chi connectivity index (χ1) is 10.3. The number of hydrogen-bond donors (Lipinski definition) is 1. The topological polar surface area (TPSA) is 24.9 Å². The van der Waals surface area contributed by atoms with Gasteiger partial charge in [0.25, 0.3) is 0 Å². The fraction of sp³-hybridized carbons (Fsp3) is 0.167. The Morgan fingerprint density at radius 2 is 1.86 bits per heavy atom. The van der Waals surface area contributed by atoms with Crippen LogP contribution in [0.25, 0.3) is 10.8 Å². The van der Waals surface area contributed by atoms with E-state index in [1.807, 2.05) is 49.5 Å². The minimum Gasteiger partial charge on any atom is -0.306 e. The van der Waals surface area contributed by atoms with E-state index in [0.717, 1.165) is 22.9 Å². The third-order valence-electron chi connectivity index (χ3n) is 3.65. The van der Waals surface area contributed by atoms with E-state index in [-0.39, 0.29) is 11.9 Å². The molecule has 0 aliphatic heterocycles. The van der Waals surface area contributed by atoms with Crippen LogP contribution in [0.3, 0.4) is 0 Å². The molecule has 106 valence electrons. The zero-order chi connectivity index (χ0) is 14.7. The van der Waals surface area contributed by atoms with Crippen molar-refractivity contribution in [3.63, 3.8) is 0 Å². The summed E-state index contributed by atoms with van der Waals surface area (Å²) in [4.78, 5) is 4.16. The van der Waals surface area contributed by atoms with Gasteiger partial charge in [-0.05, 0) is 29.6 Å². The Morgan fingerprint density at radius 1 is 1.05 bits per heavy atom. The molecule has 3 heteroatoms. The minimum atomic E-state index is -0.186. The van der Waals surface area contributed by atoms with Crippen molar-refractivity contribution < 1.29 is 4.39 Å². The Hall–Kier alpha value is -2.26. The lowest BCUT2D eigenvalue weighted by Crippen LogP contribution is -2.23. The van der Waals surface area contributed by atoms with Gasteiger partial charge in [-0.1, -0.05) is 43.3 Å². The molecular weight excluding hydrogens is 263 g/mol. The van der Waals surface area contributed by atoms with E-state index < -0.39 is 0 Å². The number of rotatable bonds is 4. The SMILES string of the molecule is CCNC(c1ccccc1F)c1cccc2cnccc12. The Bertz CT molecular complexity index is 750. The van der Waals surface area contributed by atoms with Crippen LogP contribution in [0.5, 0.6) is 0 Å². The largest absolute Gasteiger partial charge is 0.306 e. The van der Waals surface area contributed by atoms with E-state index >= 15 is 0 Å². The highest BCUT2D eigenvalue weighted by atomic mass is 19.1. The molecule has 3 aromatic rings. The van der Waals surface area contributed by atoms with Gasteiger partial charge in [-0.3, -0.25) is 4.98 Å². The first-order valence-corrected chi connectivity index (χ1v) is 7.11. The molecule has 0 amide bonds. The molecule has 0 aliphatic rings. The number of aromatic nitrogens is 1. The summed E-state index contributed by atoms with van der Waals surface area (Å²) in [7, 11) is 0. The van der Waals surface area contributed by atoms with Crippen LogP contribution >= 0.6 is 0 Å². The van der Waals surface area contributed by atoms with Gasteiger partial charge in [0.15, 0.2) is 0 Å². The Morgan fingerprint density at radius 3 is 2.67 bits per heavy atom. The molecule has 0 bridgehead atoms. The molecule has 2 nitrogen and oxygen atoms in total. The van der Waals surface area contributed by atoms with E-state index in [9.17, 15) is 4.39 Å². The molecule has 21 heavy (non-hydrogen) atoms. The molecule has 0 aliphatic carbocycles. The Kier molecular flexibility index (Phi) is 3.93. The molecule has 1 heterocycles. The lowest BCUT2D eigenvalue weighted by molar-refractivity contribution is 0.561. The number of nitrogens with one attached hydrogen (secondary N) is 1. The van der Waals surface area contributed by atoms with E-state index in [1.165, 1.54) is 6.07 Å². The van der Waals surface area contributed by atoms with Gasteiger partial charge in [0.1, 0.15) is 5.82 Å². The minimum absolute atomic E-state index is 0.165. The number of pyridine rings is 1. The maximum atomic E-state index is 14.2. The maximum absolute atomic E-state index is 14.2. The molecule has 0 fully saturated rings. The highest BCUT2D eigenvalue weighted by Gasteiger charge is 2.18. The van der Waals surface area contributed by atoms with Gasteiger partial charge < -0.3 is 5.32 Å². The van der Waals surface area contributed by atoms with E-state index in [2.05, 4.69) is 10.3 Å². The lowest BCUT2D eigenvalue weighted by atomic mass is 9.94. The summed E-state index contributed by atoms with van der Waals surface area (Å²) in [6.45, 7) is 2.79. The fourth-order valence-electron chi connectivity index (χ4n) is 2.70. The Labute approximate surface area is 123 Å². The zero-order valence-corrected chi connectivity index (χ0v) is 11.9. The standard InChI is InChI=1S/C18H17FN2/c1-2-21-18(16-7-3-4-9-17(16)19)15-8-5-6-13-12-20-11-10-14(13)15/h3-12,18,21H,2H2,1H3. The quantitative estimate of drug-likeness (QED) is 0.779. The number of nitrogens with zero attached hydrogens (tertiary/aromatic N) is 1. The summed E-state index contributed by atoms with van der Waals surface area (Å²) < 4.78 is 14.2. The fourth-order valence-corrected chi connectivity index (χ4v) is 2.70. The van der Waals surface area contributed by atoms with Gasteiger partial charge in [-0.25, -0.2) is 4.39 Å². The van der Waals surface area contributed by atoms with Crippen LogP contribution in [0.1, 0.15) is 24.1 Å². The third-order valence-corrected chi connectivity index (χ3v) is 3.65. The summed E-state index contributed by atoms with van der Waals surface area (Å²) in [6, 6.07) is 14.8. The first-order valence-electron chi connectivity index (χ1n) is 7.11. The molecule has 2 aromatic carbocycles. The molecule has 1 aromatic heterocycles. The van der Waals surface area contributed by atoms with Gasteiger partial charge in [-0.15, -0.1) is 0 Å². The molecule has 1 atom stereocenters. The molecule has 0 saturated carbocycles. The van der Waals surface area contributed by atoms with Gasteiger partial charge in [0.2, 0.25) is 0 Å². The monoisotopic (exact) mass is 280 g/mol. The number of halogens is 1. The number of benzene rings is 2. The van der Waals surface area contributed by atoms with Crippen molar-refractivity contribution in [2.75, 3.05) is 6.54 Å². The summed E-state index contributed by atoms with van der Waals surface area (Å²) >= 11 is 0. The Balaban J connectivity index is 2.19. The summed E-state index contributed by atoms with van der Waals surface area (Å²) in [5.41, 5.74) is 1.74. The molecule has 3 rings (SSSR count). The van der Waals surface area contributed by atoms with Crippen LogP contribution in [0.4, 0.5) is 4.39 Å². The van der Waals surface area contributed by atoms with E-state index in [4.69, 9.17) is 0 Å². The van der Waals surface area contributed by atoms with E-state index in [1.54, 1.807) is 12.3 Å². The van der Waals surface area contributed by atoms with Gasteiger partial charge in [-0.2, -0.15) is 0 Å². The van der Waals surface area contributed by atoms with Crippen molar-refractivity contribution in [3.8, 4) is 0 Å². The maximum Gasteiger partial charge on any atom is 0.128 e. The smallest absolute Gasteiger partial charge is 0.128 e. The van der Waals surface area contributed by atoms with Gasteiger partial charge >= 0.3 is 0 Å². The first kappa shape index (κ1) is 13.7. The molecule has 0 radical (unpaired) electrons. The van der Waals surface area contributed by atoms with Crippen molar-refractivity contribution in [1.29, 1.82) is 0 Å². The highest BCUT2D eigenvalue weighted by molar-refractivity contribution is 5.85. The predicted octanol–water partition coefficient (Wildman–Crippen LogP) is 4.07. The van der Waals surface area contributed by atoms with E-state index in [0.29, 0.717) is 5.56 Å². The lowest BCUT2D eigenvalue weighted by Gasteiger charge is -2.21. The summed E-state index contributed by atoms with van der Waals surface area (Å²) in [6.07, 6.45) is 3.61. The molecule has 1 N–H and O–H groups in total. The van der Waals surface area contributed by atoms with Gasteiger partial charge in [0.05, 0.1) is 6.04 Å². The summed E-state index contributed by atoms with van der Waals surface area (Å²) in [5, 5.41) is 5.55. The average Bonchev–Trinajstić information content (AvgIpc) is 2.53. The zero-order valence-electron chi connectivity index (χ0n) is 11.9. The van der Waals surface area contributed by atoms with Crippen molar-refractivity contribution >= 4 is 10.8 Å². The third kappa shape index (κ3) is 2.65. The van der Waals surface area contributed by atoms with Gasteiger partial charge in [0, 0.05) is 23.3 Å². The van der Waals surface area contributed by atoms with Crippen LogP contribution in [0.15, 0.2) is 60.9 Å². The molecule has 1 unspecified atom stereocenters. The van der Waals surface area contributed by atoms with Crippen molar-refractivity contribution in [3.05, 3.63) is 77.9 Å². The normalized spacial score (nSPS) is 12.5. The second-order valence-corrected chi connectivity index (χ2v) is 4.96.